The summed E-state index contributed by atoms with van der Waals surface area (Å²) in [4.78, 5) is 11.2. The average molecular weight is 263 g/mol. The monoisotopic (exact) mass is 262 g/mol. The summed E-state index contributed by atoms with van der Waals surface area (Å²) >= 11 is 2.97. The van der Waals surface area contributed by atoms with Crippen molar-refractivity contribution in [2.24, 2.45) is 0 Å². The Balaban J connectivity index is 3.13. The second-order valence-corrected chi connectivity index (χ2v) is 3.30. The summed E-state index contributed by atoms with van der Waals surface area (Å²) in [5.74, 6) is -1.68. The molecule has 0 radical (unpaired) electrons. The second-order valence-electron chi connectivity index (χ2n) is 2.51. The van der Waals surface area contributed by atoms with Crippen molar-refractivity contribution in [2.75, 3.05) is 6.61 Å². The van der Waals surface area contributed by atoms with E-state index in [-0.39, 0.29) is 22.4 Å². The van der Waals surface area contributed by atoms with Crippen molar-refractivity contribution < 1.29 is 19.0 Å². The topological polar surface area (TPSA) is 46.5 Å². The largest absolute Gasteiger partial charge is 0.507 e. The lowest BCUT2D eigenvalue weighted by Gasteiger charge is -2.05. The van der Waals surface area contributed by atoms with Gasteiger partial charge in [-0.25, -0.2) is 9.18 Å². The molecule has 1 N–H and O–H groups in total. The summed E-state index contributed by atoms with van der Waals surface area (Å²) in [5, 5.41) is 9.20. The molecular formula is C9H8BrFO3. The van der Waals surface area contributed by atoms with Crippen molar-refractivity contribution in [3.63, 3.8) is 0 Å². The van der Waals surface area contributed by atoms with E-state index in [1.54, 1.807) is 6.92 Å². The standard InChI is InChI=1S/C9H8BrFO3/c1-2-14-9(13)6-3-5(11)4-7(12)8(6)10/h3-4,12H,2H2,1H3. The zero-order valence-electron chi connectivity index (χ0n) is 7.38. The predicted octanol–water partition coefficient (Wildman–Crippen LogP) is 2.47. The first-order valence-electron chi connectivity index (χ1n) is 3.91. The van der Waals surface area contributed by atoms with Crippen molar-refractivity contribution in [3.05, 3.63) is 28.0 Å². The third-order valence-corrected chi connectivity index (χ3v) is 2.35. The molecular weight excluding hydrogens is 255 g/mol. The molecule has 0 atom stereocenters. The zero-order chi connectivity index (χ0) is 10.7. The van der Waals surface area contributed by atoms with Gasteiger partial charge in [-0.2, -0.15) is 0 Å². The highest BCUT2D eigenvalue weighted by Crippen LogP contribution is 2.29. The first-order chi connectivity index (χ1) is 6.56. The molecule has 14 heavy (non-hydrogen) atoms. The Labute approximate surface area is 88.6 Å². The van der Waals surface area contributed by atoms with Crippen LogP contribution in [0.4, 0.5) is 4.39 Å². The van der Waals surface area contributed by atoms with Gasteiger partial charge in [0.25, 0.3) is 0 Å². The van der Waals surface area contributed by atoms with Gasteiger partial charge in [0.15, 0.2) is 0 Å². The molecule has 0 fully saturated rings. The van der Waals surface area contributed by atoms with Crippen LogP contribution in [0.25, 0.3) is 0 Å². The Morgan fingerprint density at radius 2 is 2.29 bits per heavy atom. The molecule has 1 aromatic carbocycles. The van der Waals surface area contributed by atoms with Crippen LogP contribution in [0.1, 0.15) is 17.3 Å². The van der Waals surface area contributed by atoms with Crippen molar-refractivity contribution >= 4 is 21.9 Å². The van der Waals surface area contributed by atoms with Crippen LogP contribution in [-0.2, 0) is 4.74 Å². The third-order valence-electron chi connectivity index (χ3n) is 1.51. The van der Waals surface area contributed by atoms with Gasteiger partial charge in [0.05, 0.1) is 16.6 Å². The fourth-order valence-electron chi connectivity index (χ4n) is 0.932. The minimum Gasteiger partial charge on any atom is -0.507 e. The van der Waals surface area contributed by atoms with Gasteiger partial charge in [-0.1, -0.05) is 0 Å². The van der Waals surface area contributed by atoms with E-state index in [1.165, 1.54) is 0 Å². The summed E-state index contributed by atoms with van der Waals surface area (Å²) in [7, 11) is 0. The number of phenolic OH excluding ortho intramolecular Hbond substituents is 1. The smallest absolute Gasteiger partial charge is 0.339 e. The van der Waals surface area contributed by atoms with Gasteiger partial charge < -0.3 is 9.84 Å². The molecule has 0 bridgehead atoms. The summed E-state index contributed by atoms with van der Waals surface area (Å²) in [6, 6.07) is 1.91. The second kappa shape index (κ2) is 4.41. The quantitative estimate of drug-likeness (QED) is 0.834. The Hall–Kier alpha value is -1.10. The van der Waals surface area contributed by atoms with E-state index in [9.17, 15) is 14.3 Å². The maximum absolute atomic E-state index is 12.8. The molecule has 3 nitrogen and oxygen atoms in total. The molecule has 0 aromatic heterocycles. The van der Waals surface area contributed by atoms with Crippen LogP contribution in [0.15, 0.2) is 16.6 Å². The van der Waals surface area contributed by atoms with Gasteiger partial charge in [0.1, 0.15) is 11.6 Å². The van der Waals surface area contributed by atoms with Crippen molar-refractivity contribution in [3.8, 4) is 5.75 Å². The van der Waals surface area contributed by atoms with Crippen LogP contribution >= 0.6 is 15.9 Å². The number of phenols is 1. The lowest BCUT2D eigenvalue weighted by Crippen LogP contribution is -2.06. The normalized spacial score (nSPS) is 9.93. The van der Waals surface area contributed by atoms with Gasteiger partial charge in [-0.05, 0) is 28.9 Å². The Kier molecular flexibility index (Phi) is 3.46. The SMILES string of the molecule is CCOC(=O)c1cc(F)cc(O)c1Br. The van der Waals surface area contributed by atoms with Crippen molar-refractivity contribution in [1.82, 2.24) is 0 Å². The fourth-order valence-corrected chi connectivity index (χ4v) is 1.32. The zero-order valence-corrected chi connectivity index (χ0v) is 8.97. The Morgan fingerprint density at radius 3 is 2.86 bits per heavy atom. The van der Waals surface area contributed by atoms with E-state index in [4.69, 9.17) is 0 Å². The van der Waals surface area contributed by atoms with Gasteiger partial charge in [0, 0.05) is 6.07 Å². The molecule has 0 aliphatic heterocycles. The molecule has 0 heterocycles. The van der Waals surface area contributed by atoms with Crippen LogP contribution in [-0.4, -0.2) is 17.7 Å². The third kappa shape index (κ3) is 2.23. The van der Waals surface area contributed by atoms with Crippen molar-refractivity contribution in [1.29, 1.82) is 0 Å². The van der Waals surface area contributed by atoms with Gasteiger partial charge in [-0.3, -0.25) is 0 Å². The first kappa shape index (κ1) is 11.0. The maximum atomic E-state index is 12.8. The molecule has 0 saturated carbocycles. The molecule has 0 amide bonds. The minimum atomic E-state index is -0.686. The number of aromatic hydroxyl groups is 1. The number of halogens is 2. The summed E-state index contributed by atoms with van der Waals surface area (Å²) in [6.07, 6.45) is 0. The number of benzene rings is 1. The highest BCUT2D eigenvalue weighted by Gasteiger charge is 2.15. The molecule has 0 unspecified atom stereocenters. The van der Waals surface area contributed by atoms with E-state index in [1.807, 2.05) is 0 Å². The van der Waals surface area contributed by atoms with Crippen molar-refractivity contribution in [2.45, 2.75) is 6.92 Å². The molecule has 0 spiro atoms. The molecule has 0 saturated heterocycles. The van der Waals surface area contributed by atoms with Crippen LogP contribution in [0, 0.1) is 5.82 Å². The molecule has 0 aliphatic carbocycles. The lowest BCUT2D eigenvalue weighted by atomic mass is 10.2. The maximum Gasteiger partial charge on any atom is 0.339 e. The van der Waals surface area contributed by atoms with E-state index in [2.05, 4.69) is 20.7 Å². The molecule has 1 aromatic rings. The van der Waals surface area contributed by atoms with Gasteiger partial charge in [0.2, 0.25) is 0 Å². The predicted molar refractivity (Wildman–Crippen MR) is 51.7 cm³/mol. The summed E-state index contributed by atoms with van der Waals surface area (Å²) < 4.78 is 17.6. The number of hydrogen-bond acceptors (Lipinski definition) is 3. The molecule has 0 aliphatic rings. The number of rotatable bonds is 2. The minimum absolute atomic E-state index is 0.0237. The number of hydrogen-bond donors (Lipinski definition) is 1. The van der Waals surface area contributed by atoms with E-state index < -0.39 is 11.8 Å². The number of esters is 1. The van der Waals surface area contributed by atoms with E-state index >= 15 is 0 Å². The van der Waals surface area contributed by atoms with Crippen LogP contribution in [0.5, 0.6) is 5.75 Å². The number of carbonyl (C=O) groups is 1. The first-order valence-corrected chi connectivity index (χ1v) is 4.70. The Bertz CT molecular complexity index is 365. The molecule has 76 valence electrons. The summed E-state index contributed by atoms with van der Waals surface area (Å²) in [6.45, 7) is 1.84. The fraction of sp³-hybridized carbons (Fsp3) is 0.222. The average Bonchev–Trinajstić information content (AvgIpc) is 2.11. The van der Waals surface area contributed by atoms with Gasteiger partial charge >= 0.3 is 5.97 Å². The summed E-state index contributed by atoms with van der Waals surface area (Å²) in [5.41, 5.74) is -0.0237. The van der Waals surface area contributed by atoms with Crippen LogP contribution in [0.2, 0.25) is 0 Å². The van der Waals surface area contributed by atoms with Crippen LogP contribution in [0.3, 0.4) is 0 Å². The number of carbonyl (C=O) groups excluding carboxylic acids is 1. The highest BCUT2D eigenvalue weighted by molar-refractivity contribution is 9.10. The Morgan fingerprint density at radius 1 is 1.64 bits per heavy atom. The van der Waals surface area contributed by atoms with E-state index in [0.29, 0.717) is 0 Å². The highest BCUT2D eigenvalue weighted by atomic mass is 79.9. The number of ether oxygens (including phenoxy) is 1. The van der Waals surface area contributed by atoms with Gasteiger partial charge in [-0.15, -0.1) is 0 Å². The molecule has 5 heteroatoms. The lowest BCUT2D eigenvalue weighted by molar-refractivity contribution is 0.0524. The van der Waals surface area contributed by atoms with Crippen LogP contribution < -0.4 is 0 Å². The molecule has 1 rings (SSSR count). The van der Waals surface area contributed by atoms with E-state index in [0.717, 1.165) is 12.1 Å².